The van der Waals surface area contributed by atoms with Crippen LogP contribution < -0.4 is 15.7 Å². The number of methoxy groups -OCH3 is 1. The monoisotopic (exact) mass is 380 g/mol. The Morgan fingerprint density at radius 1 is 1.30 bits per heavy atom. The summed E-state index contributed by atoms with van der Waals surface area (Å²) < 4.78 is 10.3. The molecule has 1 aliphatic rings. The van der Waals surface area contributed by atoms with E-state index in [0.717, 1.165) is 36.1 Å². The summed E-state index contributed by atoms with van der Waals surface area (Å²) in [6.07, 6.45) is 3.94. The highest BCUT2D eigenvalue weighted by molar-refractivity contribution is 7.16. The van der Waals surface area contributed by atoms with Crippen LogP contribution in [0.5, 0.6) is 5.75 Å². The molecule has 0 bridgehead atoms. The number of hydrogen-bond donors (Lipinski definition) is 1. The molecule has 2 aromatic heterocycles. The van der Waals surface area contributed by atoms with Crippen LogP contribution in [0, 0.1) is 11.3 Å². The second kappa shape index (κ2) is 6.89. The van der Waals surface area contributed by atoms with Gasteiger partial charge in [0.1, 0.15) is 22.4 Å². The first-order valence-electron chi connectivity index (χ1n) is 8.58. The summed E-state index contributed by atoms with van der Waals surface area (Å²) in [4.78, 5) is 26.0. The van der Waals surface area contributed by atoms with Crippen LogP contribution >= 0.6 is 11.3 Å². The minimum atomic E-state index is -0.619. The summed E-state index contributed by atoms with van der Waals surface area (Å²) in [6, 6.07) is 8.34. The van der Waals surface area contributed by atoms with Crippen LogP contribution in [0.2, 0.25) is 0 Å². The van der Waals surface area contributed by atoms with E-state index in [1.54, 1.807) is 18.2 Å². The van der Waals surface area contributed by atoms with Crippen molar-refractivity contribution in [2.45, 2.75) is 25.7 Å². The Hall–Kier alpha value is -3.11. The van der Waals surface area contributed by atoms with E-state index in [9.17, 15) is 14.9 Å². The summed E-state index contributed by atoms with van der Waals surface area (Å²) in [5, 5.41) is 13.4. The third-order valence-electron chi connectivity index (χ3n) is 4.71. The molecule has 1 aliphatic carbocycles. The Bertz CT molecular complexity index is 1150. The van der Waals surface area contributed by atoms with Crippen molar-refractivity contribution >= 4 is 33.2 Å². The minimum Gasteiger partial charge on any atom is -0.497 e. The quantitative estimate of drug-likeness (QED) is 0.697. The van der Waals surface area contributed by atoms with Crippen molar-refractivity contribution < 1.29 is 13.9 Å². The molecule has 3 aromatic rings. The Morgan fingerprint density at radius 3 is 2.89 bits per heavy atom. The highest BCUT2D eigenvalue weighted by Crippen LogP contribution is 2.38. The Kier molecular flexibility index (Phi) is 4.42. The number of thiophene rings is 1. The van der Waals surface area contributed by atoms with E-state index in [0.29, 0.717) is 21.7 Å². The third-order valence-corrected chi connectivity index (χ3v) is 5.91. The van der Waals surface area contributed by atoms with Crippen LogP contribution in [-0.4, -0.2) is 13.0 Å². The highest BCUT2D eigenvalue weighted by atomic mass is 32.1. The van der Waals surface area contributed by atoms with Crippen molar-refractivity contribution in [3.05, 3.63) is 56.3 Å². The molecule has 136 valence electrons. The van der Waals surface area contributed by atoms with E-state index in [4.69, 9.17) is 9.15 Å². The van der Waals surface area contributed by atoms with E-state index < -0.39 is 11.5 Å². The molecule has 6 nitrogen and oxygen atoms in total. The molecule has 4 rings (SSSR count). The number of nitrogens with one attached hydrogen (secondary N) is 1. The number of aryl methyl sites for hydroxylation is 1. The average molecular weight is 380 g/mol. The first kappa shape index (κ1) is 17.3. The first-order valence-corrected chi connectivity index (χ1v) is 9.40. The maximum absolute atomic E-state index is 12.9. The van der Waals surface area contributed by atoms with Gasteiger partial charge in [0.2, 0.25) is 0 Å². The van der Waals surface area contributed by atoms with Crippen molar-refractivity contribution in [1.82, 2.24) is 0 Å². The van der Waals surface area contributed by atoms with Gasteiger partial charge in [-0.05, 0) is 43.4 Å². The zero-order valence-corrected chi connectivity index (χ0v) is 15.4. The fourth-order valence-corrected chi connectivity index (χ4v) is 4.64. The zero-order valence-electron chi connectivity index (χ0n) is 14.6. The molecule has 0 saturated carbocycles. The number of ether oxygens (including phenoxy) is 1. The topological polar surface area (TPSA) is 92.3 Å². The molecule has 0 spiro atoms. The molecular formula is C20H16N2O4S. The van der Waals surface area contributed by atoms with Crippen LogP contribution in [-0.2, 0) is 12.8 Å². The highest BCUT2D eigenvalue weighted by Gasteiger charge is 2.23. The Morgan fingerprint density at radius 2 is 2.11 bits per heavy atom. The lowest BCUT2D eigenvalue weighted by Gasteiger charge is -2.09. The molecule has 27 heavy (non-hydrogen) atoms. The van der Waals surface area contributed by atoms with Crippen LogP contribution in [0.25, 0.3) is 11.0 Å². The van der Waals surface area contributed by atoms with Crippen LogP contribution in [0.15, 0.2) is 33.5 Å². The molecule has 1 N–H and O–H groups in total. The van der Waals surface area contributed by atoms with E-state index in [-0.39, 0.29) is 11.1 Å². The number of nitrogens with zero attached hydrogens (tertiary/aromatic N) is 1. The fourth-order valence-electron chi connectivity index (χ4n) is 3.40. The van der Waals surface area contributed by atoms with Gasteiger partial charge in [-0.2, -0.15) is 5.26 Å². The fraction of sp³-hybridized carbons (Fsp3) is 0.250. The number of carbonyl (C=O) groups is 1. The number of rotatable bonds is 3. The van der Waals surface area contributed by atoms with Crippen molar-refractivity contribution in [2.75, 3.05) is 12.4 Å². The summed E-state index contributed by atoms with van der Waals surface area (Å²) in [5.41, 5.74) is 1.45. The maximum atomic E-state index is 12.9. The molecule has 2 heterocycles. The second-order valence-electron chi connectivity index (χ2n) is 6.32. The lowest BCUT2D eigenvalue weighted by atomic mass is 9.96. The predicted molar refractivity (Wildman–Crippen MR) is 103 cm³/mol. The summed E-state index contributed by atoms with van der Waals surface area (Å²) in [6.45, 7) is 0. The number of nitriles is 1. The van der Waals surface area contributed by atoms with Crippen LogP contribution in [0.4, 0.5) is 5.00 Å². The van der Waals surface area contributed by atoms with Gasteiger partial charge in [-0.3, -0.25) is 4.79 Å². The number of anilines is 1. The molecule has 1 aromatic carbocycles. The minimum absolute atomic E-state index is 0.208. The van der Waals surface area contributed by atoms with Crippen LogP contribution in [0.3, 0.4) is 0 Å². The molecule has 0 radical (unpaired) electrons. The van der Waals surface area contributed by atoms with Crippen molar-refractivity contribution in [3.8, 4) is 11.8 Å². The third kappa shape index (κ3) is 3.09. The second-order valence-corrected chi connectivity index (χ2v) is 7.43. The lowest BCUT2D eigenvalue weighted by Crippen LogP contribution is -2.15. The van der Waals surface area contributed by atoms with Crippen molar-refractivity contribution in [2.24, 2.45) is 0 Å². The molecule has 7 heteroatoms. The van der Waals surface area contributed by atoms with Gasteiger partial charge < -0.3 is 14.5 Å². The van der Waals surface area contributed by atoms with Gasteiger partial charge >= 0.3 is 5.63 Å². The van der Waals surface area contributed by atoms with Crippen molar-refractivity contribution in [1.29, 1.82) is 5.26 Å². The van der Waals surface area contributed by atoms with Crippen LogP contribution in [0.1, 0.15) is 39.2 Å². The van der Waals surface area contributed by atoms with E-state index in [1.165, 1.54) is 24.5 Å². The van der Waals surface area contributed by atoms with Gasteiger partial charge in [0, 0.05) is 22.4 Å². The summed E-state index contributed by atoms with van der Waals surface area (Å²) >= 11 is 1.45. The molecule has 0 aliphatic heterocycles. The smallest absolute Gasteiger partial charge is 0.337 e. The standard InChI is InChI=1S/C20H16N2O4S/c1-25-11-6-7-12-14(9-18(23)26-16(12)8-11)19(24)22-20-15(10-21)13-4-2-3-5-17(13)27-20/h6-9H,2-5H2,1H3,(H,22,24). The average Bonchev–Trinajstić information content (AvgIpc) is 3.03. The van der Waals surface area contributed by atoms with E-state index in [2.05, 4.69) is 11.4 Å². The van der Waals surface area contributed by atoms with E-state index in [1.807, 2.05) is 0 Å². The molecule has 0 atom stereocenters. The predicted octanol–water partition coefficient (Wildman–Crippen LogP) is 3.87. The Balaban J connectivity index is 1.75. The molecule has 0 unspecified atom stereocenters. The number of carbonyl (C=O) groups excluding carboxylic acids is 1. The lowest BCUT2D eigenvalue weighted by molar-refractivity contribution is 0.102. The summed E-state index contributed by atoms with van der Waals surface area (Å²) in [5.74, 6) is 0.0917. The number of hydrogen-bond acceptors (Lipinski definition) is 6. The first-order chi connectivity index (χ1) is 13.1. The molecular weight excluding hydrogens is 364 g/mol. The summed E-state index contributed by atoms with van der Waals surface area (Å²) in [7, 11) is 1.51. The van der Waals surface area contributed by atoms with Crippen molar-refractivity contribution in [3.63, 3.8) is 0 Å². The van der Waals surface area contributed by atoms with Gasteiger partial charge in [0.15, 0.2) is 0 Å². The van der Waals surface area contributed by atoms with Gasteiger partial charge in [0.05, 0.1) is 18.2 Å². The zero-order chi connectivity index (χ0) is 19.0. The SMILES string of the molecule is COc1ccc2c(C(=O)Nc3sc4c(c3C#N)CCCC4)cc(=O)oc2c1. The maximum Gasteiger partial charge on any atom is 0.337 e. The number of benzene rings is 1. The normalized spacial score (nSPS) is 13.0. The van der Waals surface area contributed by atoms with Gasteiger partial charge in [-0.25, -0.2) is 4.79 Å². The largest absolute Gasteiger partial charge is 0.497 e. The van der Waals surface area contributed by atoms with Gasteiger partial charge in [-0.1, -0.05) is 0 Å². The number of amides is 1. The molecule has 0 fully saturated rings. The van der Waals surface area contributed by atoms with Gasteiger partial charge in [-0.15, -0.1) is 11.3 Å². The molecule has 0 saturated heterocycles. The molecule has 1 amide bonds. The number of fused-ring (bicyclic) bond motifs is 2. The Labute approximate surface area is 159 Å². The van der Waals surface area contributed by atoms with Gasteiger partial charge in [0.25, 0.3) is 5.91 Å². The van der Waals surface area contributed by atoms with E-state index >= 15 is 0 Å².